The number of urea groups is 2. The fourth-order valence-corrected chi connectivity index (χ4v) is 3.00. The largest absolute Gasteiger partial charge is 0.463 e. The Bertz CT molecular complexity index is 939. The van der Waals surface area contributed by atoms with Crippen molar-refractivity contribution in [2.45, 2.75) is 32.4 Å². The first-order valence-corrected chi connectivity index (χ1v) is 9.12. The summed E-state index contributed by atoms with van der Waals surface area (Å²) in [5.41, 5.74) is -0.434. The first-order valence-electron chi connectivity index (χ1n) is 9.12. The smallest absolute Gasteiger partial charge is 0.325 e. The van der Waals surface area contributed by atoms with E-state index in [4.69, 9.17) is 4.42 Å². The highest BCUT2D eigenvalue weighted by molar-refractivity contribution is 6.07. The second-order valence-electron chi connectivity index (χ2n) is 6.89. The van der Waals surface area contributed by atoms with Crippen LogP contribution in [-0.4, -0.2) is 35.3 Å². The molecule has 6 amide bonds. The van der Waals surface area contributed by atoms with Crippen LogP contribution in [-0.2, 0) is 21.7 Å². The van der Waals surface area contributed by atoms with Crippen molar-refractivity contribution in [2.24, 2.45) is 0 Å². The van der Waals surface area contributed by atoms with Crippen LogP contribution in [0.15, 0.2) is 46.9 Å². The van der Waals surface area contributed by atoms with Gasteiger partial charge in [0.2, 0.25) is 5.91 Å². The molecule has 3 N–H and O–H groups in total. The Labute approximate surface area is 167 Å². The van der Waals surface area contributed by atoms with Crippen LogP contribution in [0.5, 0.6) is 0 Å². The Morgan fingerprint density at radius 1 is 1.14 bits per heavy atom. The van der Waals surface area contributed by atoms with Gasteiger partial charge in [-0.15, -0.1) is 0 Å². The van der Waals surface area contributed by atoms with Crippen LogP contribution >= 0.6 is 0 Å². The third-order valence-electron chi connectivity index (χ3n) is 4.62. The van der Waals surface area contributed by atoms with E-state index in [2.05, 4.69) is 16.0 Å². The molecule has 1 aromatic carbocycles. The molecule has 1 atom stereocenters. The minimum absolute atomic E-state index is 0.155. The molecule has 1 saturated heterocycles. The molecule has 2 heterocycles. The molecule has 0 aliphatic carbocycles. The highest BCUT2D eigenvalue weighted by Gasteiger charge is 2.50. The monoisotopic (exact) mass is 398 g/mol. The minimum Gasteiger partial charge on any atom is -0.463 e. The third kappa shape index (κ3) is 4.45. The number of carbonyl (C=O) groups excluding carboxylic acids is 4. The van der Waals surface area contributed by atoms with Crippen molar-refractivity contribution in [1.29, 1.82) is 0 Å². The van der Waals surface area contributed by atoms with Gasteiger partial charge in [-0.05, 0) is 31.5 Å². The van der Waals surface area contributed by atoms with Crippen LogP contribution < -0.4 is 16.0 Å². The van der Waals surface area contributed by atoms with Crippen molar-refractivity contribution >= 4 is 23.9 Å². The summed E-state index contributed by atoms with van der Waals surface area (Å²) < 4.78 is 5.48. The molecule has 0 spiro atoms. The Morgan fingerprint density at radius 2 is 1.86 bits per heavy atom. The third-order valence-corrected chi connectivity index (χ3v) is 4.62. The molecule has 0 saturated carbocycles. The van der Waals surface area contributed by atoms with Gasteiger partial charge in [-0.1, -0.05) is 30.3 Å². The van der Waals surface area contributed by atoms with E-state index in [1.54, 1.807) is 26.0 Å². The molecule has 1 aromatic heterocycles. The first-order chi connectivity index (χ1) is 13.8. The van der Waals surface area contributed by atoms with Crippen LogP contribution in [0.1, 0.15) is 30.4 Å². The molecule has 1 aliphatic heterocycles. The quantitative estimate of drug-likeness (QED) is 0.641. The molecule has 0 bridgehead atoms. The molecular formula is C20H22N4O5. The molecule has 2 aromatic rings. The number of hydrogen-bond acceptors (Lipinski definition) is 5. The lowest BCUT2D eigenvalue weighted by atomic mass is 9.99. The summed E-state index contributed by atoms with van der Waals surface area (Å²) in [6, 6.07) is 11.3. The maximum atomic E-state index is 12.7. The topological polar surface area (TPSA) is 121 Å². The molecule has 9 nitrogen and oxygen atoms in total. The Hall–Kier alpha value is -3.62. The van der Waals surface area contributed by atoms with Crippen molar-refractivity contribution in [3.8, 4) is 0 Å². The average molecular weight is 398 g/mol. The number of furan rings is 1. The summed E-state index contributed by atoms with van der Waals surface area (Å²) in [5, 5.41) is 7.35. The lowest BCUT2D eigenvalue weighted by Crippen LogP contribution is -2.42. The van der Waals surface area contributed by atoms with Crippen LogP contribution in [0, 0.1) is 6.92 Å². The predicted octanol–water partition coefficient (Wildman–Crippen LogP) is 1.77. The van der Waals surface area contributed by atoms with E-state index in [0.29, 0.717) is 11.5 Å². The van der Waals surface area contributed by atoms with E-state index in [1.165, 1.54) is 0 Å². The van der Waals surface area contributed by atoms with Crippen molar-refractivity contribution in [3.05, 3.63) is 59.5 Å². The molecule has 9 heteroatoms. The molecule has 1 fully saturated rings. The lowest BCUT2D eigenvalue weighted by molar-refractivity contribution is -0.132. The van der Waals surface area contributed by atoms with Crippen molar-refractivity contribution < 1.29 is 23.6 Å². The maximum Gasteiger partial charge on any atom is 0.325 e. The molecule has 29 heavy (non-hydrogen) atoms. The van der Waals surface area contributed by atoms with Gasteiger partial charge >= 0.3 is 12.1 Å². The minimum atomic E-state index is -1.32. The van der Waals surface area contributed by atoms with Gasteiger partial charge in [0, 0.05) is 19.5 Å². The van der Waals surface area contributed by atoms with Gasteiger partial charge in [0.05, 0.1) is 0 Å². The van der Waals surface area contributed by atoms with E-state index < -0.39 is 29.4 Å². The van der Waals surface area contributed by atoms with Gasteiger partial charge < -0.3 is 15.1 Å². The number of amides is 6. The van der Waals surface area contributed by atoms with Gasteiger partial charge in [-0.25, -0.2) is 9.59 Å². The number of rotatable bonds is 6. The summed E-state index contributed by atoms with van der Waals surface area (Å²) in [6.45, 7) is 3.40. The van der Waals surface area contributed by atoms with Crippen LogP contribution in [0.25, 0.3) is 0 Å². The maximum absolute atomic E-state index is 12.7. The average Bonchev–Trinajstić information content (AvgIpc) is 3.22. The normalized spacial score (nSPS) is 18.5. The number of imide groups is 2. The summed E-state index contributed by atoms with van der Waals surface area (Å²) in [7, 11) is 0. The zero-order valence-corrected chi connectivity index (χ0v) is 16.2. The fraction of sp³-hybridized carbons (Fsp3) is 0.300. The number of carbonyl (C=O) groups is 4. The van der Waals surface area contributed by atoms with E-state index >= 15 is 0 Å². The standard InChI is InChI=1S/C20H22N4O5/c1-13-8-9-15(29-13)20(2)17(26)24(19(28)23-20)11-10-16(25)22-18(27)21-12-14-6-4-3-5-7-14/h3-9H,10-12H2,1-2H3,(H,23,28)(H2,21,22,25,27). The summed E-state index contributed by atoms with van der Waals surface area (Å²) in [5.74, 6) is -0.181. The Balaban J connectivity index is 1.50. The zero-order chi connectivity index (χ0) is 21.0. The second-order valence-corrected chi connectivity index (χ2v) is 6.89. The van der Waals surface area contributed by atoms with Crippen molar-refractivity contribution in [1.82, 2.24) is 20.9 Å². The molecule has 152 valence electrons. The molecule has 1 unspecified atom stereocenters. The molecule has 1 aliphatic rings. The van der Waals surface area contributed by atoms with Crippen molar-refractivity contribution in [2.75, 3.05) is 6.54 Å². The summed E-state index contributed by atoms with van der Waals surface area (Å²) in [6.07, 6.45) is -0.203. The van der Waals surface area contributed by atoms with Gasteiger partial charge in [0.1, 0.15) is 11.5 Å². The van der Waals surface area contributed by atoms with Crippen molar-refractivity contribution in [3.63, 3.8) is 0 Å². The molecule has 0 radical (unpaired) electrons. The van der Waals surface area contributed by atoms with Crippen LogP contribution in [0.4, 0.5) is 9.59 Å². The van der Waals surface area contributed by atoms with E-state index in [0.717, 1.165) is 10.5 Å². The summed E-state index contributed by atoms with van der Waals surface area (Å²) in [4.78, 5) is 49.7. The Morgan fingerprint density at radius 3 is 2.52 bits per heavy atom. The number of benzene rings is 1. The lowest BCUT2D eigenvalue weighted by Gasteiger charge is -2.19. The highest BCUT2D eigenvalue weighted by Crippen LogP contribution is 2.30. The van der Waals surface area contributed by atoms with Gasteiger partial charge in [0.25, 0.3) is 5.91 Å². The van der Waals surface area contributed by atoms with Crippen LogP contribution in [0.2, 0.25) is 0 Å². The number of nitrogens with one attached hydrogen (secondary N) is 3. The Kier molecular flexibility index (Phi) is 5.67. The number of aryl methyl sites for hydroxylation is 1. The van der Waals surface area contributed by atoms with Gasteiger partial charge in [0.15, 0.2) is 5.54 Å². The molecule has 3 rings (SSSR count). The predicted molar refractivity (Wildman–Crippen MR) is 102 cm³/mol. The van der Waals surface area contributed by atoms with Gasteiger partial charge in [-0.2, -0.15) is 0 Å². The first kappa shape index (κ1) is 20.1. The SMILES string of the molecule is Cc1ccc(C2(C)NC(=O)N(CCC(=O)NC(=O)NCc3ccccc3)C2=O)o1. The molecular weight excluding hydrogens is 376 g/mol. The number of hydrogen-bond donors (Lipinski definition) is 3. The van der Waals surface area contributed by atoms with Crippen LogP contribution in [0.3, 0.4) is 0 Å². The van der Waals surface area contributed by atoms with Gasteiger partial charge in [-0.3, -0.25) is 19.8 Å². The number of nitrogens with zero attached hydrogens (tertiary/aromatic N) is 1. The fourth-order valence-electron chi connectivity index (χ4n) is 3.00. The summed E-state index contributed by atoms with van der Waals surface area (Å²) >= 11 is 0. The van der Waals surface area contributed by atoms with E-state index in [1.807, 2.05) is 30.3 Å². The zero-order valence-electron chi connectivity index (χ0n) is 16.2. The van der Waals surface area contributed by atoms with E-state index in [-0.39, 0.29) is 19.5 Å². The second kappa shape index (κ2) is 8.17. The highest BCUT2D eigenvalue weighted by atomic mass is 16.3. The van der Waals surface area contributed by atoms with E-state index in [9.17, 15) is 19.2 Å².